The molecule has 5 atom stereocenters. The molecule has 2 unspecified atom stereocenters. The zero-order chi connectivity index (χ0) is 38.2. The minimum absolute atomic E-state index is 0.0546. The molecule has 280 valence electrons. The predicted molar refractivity (Wildman–Crippen MR) is 220 cm³/mol. The monoisotopic (exact) mass is 748 g/mol. The van der Waals surface area contributed by atoms with Gasteiger partial charge in [0.05, 0.1) is 25.6 Å². The van der Waals surface area contributed by atoms with E-state index in [1.807, 2.05) is 24.3 Å². The van der Waals surface area contributed by atoms with Gasteiger partial charge in [0, 0.05) is 17.5 Å². The van der Waals surface area contributed by atoms with Gasteiger partial charge in [0.2, 0.25) is 18.1 Å². The summed E-state index contributed by atoms with van der Waals surface area (Å²) in [5.74, 6) is -0.560. The first-order valence-corrected chi connectivity index (χ1v) is 21.8. The second-order valence-electron chi connectivity index (χ2n) is 16.3. The van der Waals surface area contributed by atoms with E-state index in [9.17, 15) is 9.59 Å². The van der Waals surface area contributed by atoms with Gasteiger partial charge in [0.15, 0.2) is 0 Å². The fourth-order valence-electron chi connectivity index (χ4n) is 7.59. The Morgan fingerprint density at radius 1 is 0.660 bits per heavy atom. The van der Waals surface area contributed by atoms with Gasteiger partial charge in [0.1, 0.15) is 0 Å². The molecule has 0 saturated heterocycles. The standard InChI is InChI=1S/C44H56N2O5Si2/c1-31(30-49-8)41(47)46-42(48)45-37-29-36(39(43(2,3)4)50-52(32-21-13-9-14-22-32)33-23-15-10-16-24-33)38(37)40(44(5,6)7)51-53(34-25-17-11-18-26-34)35-27-19-12-20-28-35/h9-28,30,36-40,52-53H,29H2,1-8H3,(H2,45,46,47,48)/t36-,37+,38-,39?,40?/m0/s1. The summed E-state index contributed by atoms with van der Waals surface area (Å²) in [7, 11) is -2.90. The molecule has 0 aliphatic heterocycles. The maximum atomic E-state index is 13.5. The molecule has 1 fully saturated rings. The number of methoxy groups -OCH3 is 1. The summed E-state index contributed by atoms with van der Waals surface area (Å²) in [5, 5.41) is 10.6. The van der Waals surface area contributed by atoms with E-state index in [1.54, 1.807) is 6.92 Å². The number of carbonyl (C=O) groups excluding carboxylic acids is 2. The van der Waals surface area contributed by atoms with Crippen LogP contribution in [0.4, 0.5) is 4.79 Å². The van der Waals surface area contributed by atoms with Crippen LogP contribution in [0.15, 0.2) is 133 Å². The highest BCUT2D eigenvalue weighted by molar-refractivity contribution is 6.80. The van der Waals surface area contributed by atoms with Crippen molar-refractivity contribution in [2.75, 3.05) is 7.11 Å². The van der Waals surface area contributed by atoms with E-state index in [0.29, 0.717) is 12.0 Å². The van der Waals surface area contributed by atoms with Crippen molar-refractivity contribution in [3.05, 3.63) is 133 Å². The van der Waals surface area contributed by atoms with Gasteiger partial charge >= 0.3 is 6.03 Å². The Morgan fingerprint density at radius 3 is 1.40 bits per heavy atom. The van der Waals surface area contributed by atoms with Crippen LogP contribution in [-0.2, 0) is 18.4 Å². The Kier molecular flexibility index (Phi) is 13.3. The number of carbonyl (C=O) groups is 2. The number of urea groups is 1. The summed E-state index contributed by atoms with van der Waals surface area (Å²) in [6, 6.07) is 41.5. The Balaban J connectivity index is 1.57. The van der Waals surface area contributed by atoms with E-state index in [1.165, 1.54) is 34.1 Å². The highest BCUT2D eigenvalue weighted by Gasteiger charge is 2.56. The summed E-state index contributed by atoms with van der Waals surface area (Å²) >= 11 is 0. The Labute approximate surface area is 319 Å². The fraction of sp³-hybridized carbons (Fsp3) is 0.364. The smallest absolute Gasteiger partial charge is 0.321 e. The number of rotatable bonds is 13. The third kappa shape index (κ3) is 10.2. The van der Waals surface area contributed by atoms with Crippen LogP contribution in [0, 0.1) is 22.7 Å². The topological polar surface area (TPSA) is 85.9 Å². The van der Waals surface area contributed by atoms with Gasteiger partial charge in [-0.15, -0.1) is 0 Å². The van der Waals surface area contributed by atoms with Crippen molar-refractivity contribution < 1.29 is 23.2 Å². The second-order valence-corrected chi connectivity index (χ2v) is 21.0. The van der Waals surface area contributed by atoms with Gasteiger partial charge in [0.25, 0.3) is 5.91 Å². The van der Waals surface area contributed by atoms with Gasteiger partial charge < -0.3 is 18.9 Å². The maximum absolute atomic E-state index is 13.5. The molecule has 7 nitrogen and oxygen atoms in total. The number of imide groups is 1. The van der Waals surface area contributed by atoms with Crippen LogP contribution in [-0.4, -0.2) is 55.4 Å². The van der Waals surface area contributed by atoms with Gasteiger partial charge in [-0.25, -0.2) is 4.79 Å². The maximum Gasteiger partial charge on any atom is 0.321 e. The first-order valence-electron chi connectivity index (χ1n) is 18.6. The van der Waals surface area contributed by atoms with Gasteiger partial charge in [-0.05, 0) is 50.8 Å². The molecule has 4 aromatic carbocycles. The van der Waals surface area contributed by atoms with Crippen LogP contribution >= 0.6 is 0 Å². The van der Waals surface area contributed by atoms with E-state index in [0.717, 1.165) is 0 Å². The van der Waals surface area contributed by atoms with Crippen molar-refractivity contribution in [2.24, 2.45) is 22.7 Å². The van der Waals surface area contributed by atoms with Crippen LogP contribution in [0.2, 0.25) is 0 Å². The molecule has 2 N–H and O–H groups in total. The van der Waals surface area contributed by atoms with Crippen LogP contribution in [0.25, 0.3) is 0 Å². The third-order valence-corrected chi connectivity index (χ3v) is 15.2. The van der Waals surface area contributed by atoms with E-state index in [4.69, 9.17) is 13.6 Å². The molecule has 9 heteroatoms. The van der Waals surface area contributed by atoms with Crippen LogP contribution in [0.5, 0.6) is 0 Å². The lowest BCUT2D eigenvalue weighted by Crippen LogP contribution is -2.67. The zero-order valence-electron chi connectivity index (χ0n) is 32.4. The van der Waals surface area contributed by atoms with E-state index >= 15 is 0 Å². The molecule has 1 aliphatic rings. The number of amides is 3. The SMILES string of the molecule is COC=C(C)C(=O)NC(=O)N[C@@H]1C[C@H](C(O[SiH](c2ccccc2)c2ccccc2)C(C)(C)C)[C@@H]1C(O[SiH](c1ccccc1)c1ccccc1)C(C)(C)C. The van der Waals surface area contributed by atoms with Crippen molar-refractivity contribution in [1.82, 2.24) is 10.6 Å². The van der Waals surface area contributed by atoms with Gasteiger partial charge in [-0.3, -0.25) is 10.1 Å². The summed E-state index contributed by atoms with van der Waals surface area (Å²) in [5.41, 5.74) is -0.235. The summed E-state index contributed by atoms with van der Waals surface area (Å²) < 4.78 is 20.1. The van der Waals surface area contributed by atoms with E-state index in [-0.39, 0.29) is 40.9 Å². The lowest BCUT2D eigenvalue weighted by molar-refractivity contribution is -0.118. The second kappa shape index (κ2) is 17.7. The van der Waals surface area contributed by atoms with Crippen molar-refractivity contribution in [3.8, 4) is 0 Å². The molecule has 0 radical (unpaired) electrons. The number of ether oxygens (including phenoxy) is 1. The highest BCUT2D eigenvalue weighted by atomic mass is 28.3. The third-order valence-electron chi connectivity index (χ3n) is 10.1. The van der Waals surface area contributed by atoms with Crippen LogP contribution in [0.3, 0.4) is 0 Å². The first-order chi connectivity index (χ1) is 25.3. The quantitative estimate of drug-likeness (QED) is 0.110. The normalized spacial score (nSPS) is 18.9. The molecule has 1 aliphatic carbocycles. The summed E-state index contributed by atoms with van der Waals surface area (Å²) in [4.78, 5) is 26.3. The molecule has 3 amide bonds. The van der Waals surface area contributed by atoms with Crippen LogP contribution in [0.1, 0.15) is 54.9 Å². The highest BCUT2D eigenvalue weighted by Crippen LogP contribution is 2.50. The summed E-state index contributed by atoms with van der Waals surface area (Å²) in [6.45, 7) is 15.1. The van der Waals surface area contributed by atoms with Crippen molar-refractivity contribution in [3.63, 3.8) is 0 Å². The molecular formula is C44H56N2O5Si2. The Hall–Kier alpha value is -4.29. The van der Waals surface area contributed by atoms with Crippen molar-refractivity contribution >= 4 is 50.8 Å². The molecule has 0 bridgehead atoms. The number of nitrogens with one attached hydrogen (secondary N) is 2. The lowest BCUT2D eigenvalue weighted by atomic mass is 9.57. The first kappa shape index (κ1) is 39.9. The van der Waals surface area contributed by atoms with Crippen LogP contribution < -0.4 is 31.4 Å². The largest absolute Gasteiger partial charge is 0.504 e. The number of hydrogen-bond acceptors (Lipinski definition) is 5. The van der Waals surface area contributed by atoms with Crippen molar-refractivity contribution in [2.45, 2.75) is 73.1 Å². The number of benzene rings is 4. The molecule has 0 heterocycles. The van der Waals surface area contributed by atoms with Gasteiger partial charge in [-0.2, -0.15) is 0 Å². The molecule has 0 spiro atoms. The molecular weight excluding hydrogens is 693 g/mol. The van der Waals surface area contributed by atoms with Gasteiger partial charge in [-0.1, -0.05) is 163 Å². The molecule has 5 rings (SSSR count). The molecule has 0 aromatic heterocycles. The minimum Gasteiger partial charge on any atom is -0.504 e. The Bertz CT molecular complexity index is 1710. The van der Waals surface area contributed by atoms with E-state index in [2.05, 4.69) is 149 Å². The molecule has 53 heavy (non-hydrogen) atoms. The molecule has 1 saturated carbocycles. The zero-order valence-corrected chi connectivity index (χ0v) is 34.7. The average Bonchev–Trinajstić information content (AvgIpc) is 3.13. The predicted octanol–water partition coefficient (Wildman–Crippen LogP) is 5.31. The minimum atomic E-state index is -2.22. The van der Waals surface area contributed by atoms with E-state index < -0.39 is 30.0 Å². The lowest BCUT2D eigenvalue weighted by Gasteiger charge is -2.57. The molecule has 4 aromatic rings. The van der Waals surface area contributed by atoms with Crippen molar-refractivity contribution in [1.29, 1.82) is 0 Å². The number of hydrogen-bond donors (Lipinski definition) is 2. The Morgan fingerprint density at radius 2 is 1.04 bits per heavy atom. The summed E-state index contributed by atoms with van der Waals surface area (Å²) in [6.07, 6.45) is 1.61. The average molecular weight is 749 g/mol. The fourth-order valence-corrected chi connectivity index (χ4v) is 13.1.